The fourth-order valence-corrected chi connectivity index (χ4v) is 7.73. The first-order valence-electron chi connectivity index (χ1n) is 16.0. The molecule has 0 bridgehead atoms. The van der Waals surface area contributed by atoms with Crippen molar-refractivity contribution in [3.8, 4) is 17.3 Å². The van der Waals surface area contributed by atoms with Gasteiger partial charge in [0.05, 0.1) is 37.2 Å². The van der Waals surface area contributed by atoms with E-state index in [1.54, 1.807) is 30.5 Å². The highest BCUT2D eigenvalue weighted by atomic mass is 35.5. The van der Waals surface area contributed by atoms with Crippen LogP contribution >= 0.6 is 11.6 Å². The number of hydrogen-bond donors (Lipinski definition) is 0. The van der Waals surface area contributed by atoms with E-state index in [1.165, 1.54) is 12.1 Å². The first-order chi connectivity index (χ1) is 22.7. The van der Waals surface area contributed by atoms with Crippen LogP contribution in [0.1, 0.15) is 25.7 Å². The number of benzene rings is 2. The van der Waals surface area contributed by atoms with Crippen LogP contribution < -0.4 is 4.74 Å². The molecule has 12 heteroatoms. The molecule has 3 saturated heterocycles. The van der Waals surface area contributed by atoms with Crippen molar-refractivity contribution in [1.82, 2.24) is 24.8 Å². The number of hydrogen-bond acceptors (Lipinski definition) is 7. The molecule has 3 atom stereocenters. The van der Waals surface area contributed by atoms with Gasteiger partial charge in [0, 0.05) is 54.1 Å². The van der Waals surface area contributed by atoms with E-state index in [0.29, 0.717) is 53.8 Å². The first-order valence-corrected chi connectivity index (χ1v) is 16.4. The molecule has 47 heavy (non-hydrogen) atoms. The Morgan fingerprint density at radius 3 is 2.87 bits per heavy atom. The average molecular weight is 666 g/mol. The van der Waals surface area contributed by atoms with E-state index in [-0.39, 0.29) is 34.8 Å². The van der Waals surface area contributed by atoms with Gasteiger partial charge in [0.25, 0.3) is 0 Å². The molecule has 0 aliphatic carbocycles. The molecular weight excluding hydrogens is 629 g/mol. The first kappa shape index (κ1) is 31.9. The Balaban J connectivity index is 1.29. The molecule has 246 valence electrons. The summed E-state index contributed by atoms with van der Waals surface area (Å²) in [7, 11) is 1.87. The zero-order valence-corrected chi connectivity index (χ0v) is 27.0. The summed E-state index contributed by atoms with van der Waals surface area (Å²) in [5.41, 5.74) is -0.00714. The molecule has 1 unspecified atom stereocenters. The van der Waals surface area contributed by atoms with Crippen molar-refractivity contribution in [1.29, 1.82) is 0 Å². The highest BCUT2D eigenvalue weighted by Crippen LogP contribution is 2.41. The Bertz CT molecular complexity index is 1870. The molecule has 0 radical (unpaired) electrons. The van der Waals surface area contributed by atoms with E-state index in [4.69, 9.17) is 26.1 Å². The van der Waals surface area contributed by atoms with Crippen LogP contribution in [-0.2, 0) is 4.74 Å². The largest absolute Gasteiger partial charge is 0.443 e. The lowest BCUT2D eigenvalue weighted by atomic mass is 9.95. The molecule has 0 N–H and O–H groups in total. The molecule has 2 aromatic carbocycles. The number of nitrogens with zero attached hydrogens (tertiary/aromatic N) is 6. The molecule has 4 aromatic rings. The maximum atomic E-state index is 16.7. The summed E-state index contributed by atoms with van der Waals surface area (Å²) >= 11 is 6.34. The van der Waals surface area contributed by atoms with Gasteiger partial charge < -0.3 is 9.47 Å². The minimum Gasteiger partial charge on any atom is -0.443 e. The van der Waals surface area contributed by atoms with Crippen LogP contribution in [0.25, 0.3) is 32.9 Å². The minimum absolute atomic E-state index is 0.00483. The normalized spacial score (nSPS) is 23.6. The molecule has 5 heterocycles. The second kappa shape index (κ2) is 13.1. The number of likely N-dealkylation sites (tertiary alicyclic amines) is 1. The van der Waals surface area contributed by atoms with Crippen LogP contribution in [0.2, 0.25) is 5.02 Å². The highest BCUT2D eigenvalue weighted by molar-refractivity contribution is 6.36. The third kappa shape index (κ3) is 6.22. The lowest BCUT2D eigenvalue weighted by molar-refractivity contribution is -0.405. The van der Waals surface area contributed by atoms with Gasteiger partial charge in [-0.3, -0.25) is 14.8 Å². The molecule has 8 nitrogen and oxygen atoms in total. The van der Waals surface area contributed by atoms with Gasteiger partial charge in [-0.25, -0.2) is 17.7 Å². The number of aromatic nitrogens is 3. The highest BCUT2D eigenvalue weighted by Gasteiger charge is 2.49. The van der Waals surface area contributed by atoms with Gasteiger partial charge in [0.1, 0.15) is 35.2 Å². The standard InChI is InChI=1S/C35H37ClF3N6O2/c1-3-12-46-21-44-11-8-22(18-44)17-43(2)33-28-16-40-31(26-7-4-6-25-27(26)13-23(37)14-29(25)36)30(39)32(28)41-34(42-33)47-20-35-9-5-10-45(35)19-24(38)15-35/h3-4,6-7,13-14,16-17,22,24H,1,5,8-12,15,18-21H2,2H3/q+1/t22?,24-,35+/m1/s1. The smallest absolute Gasteiger partial charge is 0.434 e. The Hall–Kier alpha value is -3.64. The fourth-order valence-electron chi connectivity index (χ4n) is 7.46. The van der Waals surface area contributed by atoms with Crippen molar-refractivity contribution in [3.05, 3.63) is 65.8 Å². The molecule has 0 amide bonds. The number of halogens is 4. The van der Waals surface area contributed by atoms with E-state index in [9.17, 15) is 8.78 Å². The van der Waals surface area contributed by atoms with Crippen molar-refractivity contribution >= 4 is 45.3 Å². The number of alkyl halides is 1. The van der Waals surface area contributed by atoms with Crippen LogP contribution in [-0.4, -0.2) is 100 Å². The fraction of sp³-hybridized carbons (Fsp3) is 0.429. The SMILES string of the molecule is C=CCOCN1CCC(C=[N+](C)c2nc(OC[C@@]34CCCN3C[C@H](F)C4)nc3c(F)c(-c4cccc5c(Cl)cc(F)cc45)ncc23)C1. The van der Waals surface area contributed by atoms with Crippen LogP contribution in [0.15, 0.2) is 49.2 Å². The predicted octanol–water partition coefficient (Wildman–Crippen LogP) is 6.56. The van der Waals surface area contributed by atoms with Gasteiger partial charge in [-0.2, -0.15) is 4.98 Å². The second-order valence-electron chi connectivity index (χ2n) is 12.8. The van der Waals surface area contributed by atoms with Gasteiger partial charge in [0.2, 0.25) is 0 Å². The van der Waals surface area contributed by atoms with Crippen molar-refractivity contribution in [2.75, 3.05) is 53.2 Å². The summed E-state index contributed by atoms with van der Waals surface area (Å²) in [6.07, 6.45) is 7.53. The monoisotopic (exact) mass is 665 g/mol. The van der Waals surface area contributed by atoms with Crippen LogP contribution in [0.3, 0.4) is 0 Å². The van der Waals surface area contributed by atoms with Gasteiger partial charge in [-0.1, -0.05) is 35.9 Å². The van der Waals surface area contributed by atoms with E-state index in [1.807, 2.05) is 11.6 Å². The summed E-state index contributed by atoms with van der Waals surface area (Å²) in [4.78, 5) is 18.2. The molecule has 0 saturated carbocycles. The topological polar surface area (TPSA) is 66.6 Å². The van der Waals surface area contributed by atoms with E-state index >= 15 is 4.39 Å². The molecule has 2 aromatic heterocycles. The van der Waals surface area contributed by atoms with Crippen molar-refractivity contribution in [2.45, 2.75) is 37.4 Å². The van der Waals surface area contributed by atoms with Gasteiger partial charge in [-0.05, 0) is 43.3 Å². The predicted molar refractivity (Wildman–Crippen MR) is 176 cm³/mol. The van der Waals surface area contributed by atoms with Crippen LogP contribution in [0.5, 0.6) is 6.01 Å². The number of pyridine rings is 1. The van der Waals surface area contributed by atoms with Gasteiger partial charge in [-0.15, -0.1) is 6.58 Å². The Morgan fingerprint density at radius 1 is 1.15 bits per heavy atom. The zero-order valence-electron chi connectivity index (χ0n) is 26.3. The second-order valence-corrected chi connectivity index (χ2v) is 13.2. The lowest BCUT2D eigenvalue weighted by Gasteiger charge is -2.30. The minimum atomic E-state index is -0.911. The summed E-state index contributed by atoms with van der Waals surface area (Å²) < 4.78 is 59.3. The van der Waals surface area contributed by atoms with E-state index < -0.39 is 23.3 Å². The van der Waals surface area contributed by atoms with Crippen LogP contribution in [0.4, 0.5) is 19.0 Å². The molecule has 3 fully saturated rings. The maximum absolute atomic E-state index is 16.7. The summed E-state index contributed by atoms with van der Waals surface area (Å²) in [6.45, 7) is 7.81. The summed E-state index contributed by atoms with van der Waals surface area (Å²) in [5, 5.41) is 1.64. The van der Waals surface area contributed by atoms with Gasteiger partial charge >= 0.3 is 11.8 Å². The number of fused-ring (bicyclic) bond motifs is 3. The van der Waals surface area contributed by atoms with Crippen molar-refractivity contribution in [2.24, 2.45) is 5.92 Å². The van der Waals surface area contributed by atoms with Crippen molar-refractivity contribution < 1.29 is 27.2 Å². The molecule has 7 rings (SSSR count). The zero-order chi connectivity index (χ0) is 32.7. The maximum Gasteiger partial charge on any atom is 0.434 e. The molecular formula is C35H37ClF3N6O2+. The van der Waals surface area contributed by atoms with Crippen LogP contribution in [0, 0.1) is 17.6 Å². The molecule has 0 spiro atoms. The van der Waals surface area contributed by atoms with Gasteiger partial charge in [0.15, 0.2) is 5.82 Å². The Morgan fingerprint density at radius 2 is 2.02 bits per heavy atom. The van der Waals surface area contributed by atoms with E-state index in [2.05, 4.69) is 32.6 Å². The third-order valence-electron chi connectivity index (χ3n) is 9.63. The number of rotatable bonds is 10. The molecule has 3 aliphatic rings. The Kier molecular flexibility index (Phi) is 8.90. The lowest BCUT2D eigenvalue weighted by Crippen LogP contribution is -2.43. The molecule has 3 aliphatic heterocycles. The summed E-state index contributed by atoms with van der Waals surface area (Å²) in [6, 6.07) is 7.72. The average Bonchev–Trinajstić information content (AvgIpc) is 3.74. The number of ether oxygens (including phenoxy) is 2. The quantitative estimate of drug-likeness (QED) is 0.0823. The summed E-state index contributed by atoms with van der Waals surface area (Å²) in [5.74, 6) is -0.574. The van der Waals surface area contributed by atoms with Crippen molar-refractivity contribution in [3.63, 3.8) is 0 Å². The Labute approximate surface area is 276 Å². The van der Waals surface area contributed by atoms with E-state index in [0.717, 1.165) is 38.9 Å². The third-order valence-corrected chi connectivity index (χ3v) is 9.94.